The van der Waals surface area contributed by atoms with Crippen LogP contribution in [0, 0.1) is 0 Å². The van der Waals surface area contributed by atoms with Gasteiger partial charge >= 0.3 is 0 Å². The lowest BCUT2D eigenvalue weighted by atomic mass is 9.96. The van der Waals surface area contributed by atoms with Crippen LogP contribution in [-0.4, -0.2) is 5.11 Å². The van der Waals surface area contributed by atoms with E-state index in [-0.39, 0.29) is 0 Å². The molecule has 5 rings (SSSR count). The number of hydrogen-bond acceptors (Lipinski definition) is 1. The lowest BCUT2D eigenvalue weighted by Gasteiger charge is -2.09. The third kappa shape index (κ3) is 1.80. The number of benzene rings is 5. The molecule has 0 amide bonds. The maximum atomic E-state index is 10.8. The predicted octanol–water partition coefficient (Wildman–Crippen LogP) is 6.01. The van der Waals surface area contributed by atoms with Gasteiger partial charge in [-0.25, -0.2) is 0 Å². The Morgan fingerprint density at radius 1 is 0.435 bits per heavy atom. The largest absolute Gasteiger partial charge is 0.507 e. The minimum absolute atomic E-state index is 0.369. The zero-order valence-electron chi connectivity index (χ0n) is 12.5. The molecule has 5 aromatic carbocycles. The first kappa shape index (κ1) is 12.5. The molecular weight excluding hydrogens is 280 g/mol. The normalized spacial score (nSPS) is 11.7. The molecule has 0 radical (unpaired) electrons. The number of hydrogen-bond donors (Lipinski definition) is 1. The first-order valence-corrected chi connectivity index (χ1v) is 7.77. The lowest BCUT2D eigenvalue weighted by Crippen LogP contribution is -1.82. The highest BCUT2D eigenvalue weighted by Gasteiger charge is 2.09. The van der Waals surface area contributed by atoms with Gasteiger partial charge in [0.15, 0.2) is 0 Å². The predicted molar refractivity (Wildman–Crippen MR) is 98.1 cm³/mol. The minimum atomic E-state index is 0.369. The SMILES string of the molecule is Oc1c2cc3ccccc3cc2cc2cc3ccccc3cc12. The summed E-state index contributed by atoms with van der Waals surface area (Å²) in [5.41, 5.74) is 0. The van der Waals surface area contributed by atoms with E-state index < -0.39 is 0 Å². The molecular formula is C22H14O. The first-order valence-electron chi connectivity index (χ1n) is 7.77. The summed E-state index contributed by atoms with van der Waals surface area (Å²) in [5.74, 6) is 0.369. The molecule has 5 aromatic rings. The molecule has 1 nitrogen and oxygen atoms in total. The Bertz CT molecular complexity index is 1120. The van der Waals surface area contributed by atoms with Crippen LogP contribution in [0.1, 0.15) is 0 Å². The van der Waals surface area contributed by atoms with Crippen molar-refractivity contribution in [3.63, 3.8) is 0 Å². The van der Waals surface area contributed by atoms with Gasteiger partial charge in [-0.1, -0.05) is 48.5 Å². The van der Waals surface area contributed by atoms with Crippen molar-refractivity contribution in [2.75, 3.05) is 0 Å². The number of fused-ring (bicyclic) bond motifs is 4. The third-order valence-corrected chi connectivity index (χ3v) is 4.66. The molecule has 0 fully saturated rings. The Morgan fingerprint density at radius 2 is 0.783 bits per heavy atom. The third-order valence-electron chi connectivity index (χ3n) is 4.66. The average molecular weight is 294 g/mol. The zero-order valence-corrected chi connectivity index (χ0v) is 12.5. The topological polar surface area (TPSA) is 20.2 Å². The highest BCUT2D eigenvalue weighted by molar-refractivity contribution is 6.12. The molecule has 23 heavy (non-hydrogen) atoms. The Hall–Kier alpha value is -3.06. The Kier molecular flexibility index (Phi) is 2.42. The molecule has 0 aromatic heterocycles. The van der Waals surface area contributed by atoms with Crippen molar-refractivity contribution in [1.82, 2.24) is 0 Å². The second-order valence-corrected chi connectivity index (χ2v) is 6.07. The Morgan fingerprint density at radius 3 is 1.22 bits per heavy atom. The van der Waals surface area contributed by atoms with Gasteiger partial charge in [-0.3, -0.25) is 0 Å². The Labute approximate surface area is 133 Å². The fraction of sp³-hybridized carbons (Fsp3) is 0. The van der Waals surface area contributed by atoms with Crippen LogP contribution >= 0.6 is 0 Å². The summed E-state index contributed by atoms with van der Waals surface area (Å²) in [7, 11) is 0. The average Bonchev–Trinajstić information content (AvgIpc) is 2.59. The smallest absolute Gasteiger partial charge is 0.131 e. The van der Waals surface area contributed by atoms with Gasteiger partial charge in [-0.2, -0.15) is 0 Å². The van der Waals surface area contributed by atoms with Crippen LogP contribution in [-0.2, 0) is 0 Å². The van der Waals surface area contributed by atoms with Crippen molar-refractivity contribution in [1.29, 1.82) is 0 Å². The van der Waals surface area contributed by atoms with Crippen LogP contribution < -0.4 is 0 Å². The van der Waals surface area contributed by atoms with Crippen LogP contribution in [0.15, 0.2) is 78.9 Å². The van der Waals surface area contributed by atoms with E-state index in [1.54, 1.807) is 0 Å². The summed E-state index contributed by atoms with van der Waals surface area (Å²) in [6, 6.07) is 27.2. The Balaban J connectivity index is 1.99. The van der Waals surface area contributed by atoms with Gasteiger partial charge in [0.25, 0.3) is 0 Å². The molecule has 0 aliphatic rings. The second kappa shape index (κ2) is 4.47. The van der Waals surface area contributed by atoms with Crippen LogP contribution in [0.5, 0.6) is 5.75 Å². The highest BCUT2D eigenvalue weighted by atomic mass is 16.3. The molecule has 0 heterocycles. The van der Waals surface area contributed by atoms with Crippen LogP contribution in [0.4, 0.5) is 0 Å². The summed E-state index contributed by atoms with van der Waals surface area (Å²) >= 11 is 0. The van der Waals surface area contributed by atoms with Crippen molar-refractivity contribution in [2.45, 2.75) is 0 Å². The van der Waals surface area contributed by atoms with Gasteiger partial charge in [-0.15, -0.1) is 0 Å². The highest BCUT2D eigenvalue weighted by Crippen LogP contribution is 2.37. The van der Waals surface area contributed by atoms with E-state index in [0.717, 1.165) is 32.3 Å². The van der Waals surface area contributed by atoms with Crippen molar-refractivity contribution in [3.05, 3.63) is 78.9 Å². The second-order valence-electron chi connectivity index (χ2n) is 6.07. The molecule has 0 atom stereocenters. The molecule has 0 unspecified atom stereocenters. The van der Waals surface area contributed by atoms with E-state index in [4.69, 9.17) is 0 Å². The fourth-order valence-corrected chi connectivity index (χ4v) is 3.48. The summed E-state index contributed by atoms with van der Waals surface area (Å²) in [4.78, 5) is 0. The molecule has 0 bridgehead atoms. The number of phenols is 1. The molecule has 1 N–H and O–H groups in total. The van der Waals surface area contributed by atoms with Crippen LogP contribution in [0.2, 0.25) is 0 Å². The van der Waals surface area contributed by atoms with E-state index in [1.165, 1.54) is 10.8 Å². The molecule has 0 saturated heterocycles. The summed E-state index contributed by atoms with van der Waals surface area (Å²) in [6.45, 7) is 0. The van der Waals surface area contributed by atoms with Crippen molar-refractivity contribution in [2.24, 2.45) is 0 Å². The quantitative estimate of drug-likeness (QED) is 0.347. The number of rotatable bonds is 0. The van der Waals surface area contributed by atoms with Gasteiger partial charge in [-0.05, 0) is 62.6 Å². The molecule has 0 aliphatic carbocycles. The maximum absolute atomic E-state index is 10.8. The maximum Gasteiger partial charge on any atom is 0.131 e. The monoisotopic (exact) mass is 294 g/mol. The van der Waals surface area contributed by atoms with Gasteiger partial charge in [0.05, 0.1) is 0 Å². The summed E-state index contributed by atoms with van der Waals surface area (Å²) < 4.78 is 0. The van der Waals surface area contributed by atoms with Crippen molar-refractivity contribution >= 4 is 43.1 Å². The van der Waals surface area contributed by atoms with E-state index in [2.05, 4.69) is 54.6 Å². The fourth-order valence-electron chi connectivity index (χ4n) is 3.48. The first-order chi connectivity index (χ1) is 11.3. The number of aromatic hydroxyl groups is 1. The number of phenolic OH excluding ortho intramolecular Hbond substituents is 1. The lowest BCUT2D eigenvalue weighted by molar-refractivity contribution is 0.488. The standard InChI is InChI=1S/C22H14O/c23-22-20-12-16-7-3-1-5-14(16)9-18(20)11-19-10-15-6-2-4-8-17(15)13-21(19)22/h1-13,23H. The van der Waals surface area contributed by atoms with E-state index in [1.807, 2.05) is 24.3 Å². The van der Waals surface area contributed by atoms with Gasteiger partial charge in [0.2, 0.25) is 0 Å². The van der Waals surface area contributed by atoms with E-state index >= 15 is 0 Å². The summed E-state index contributed by atoms with van der Waals surface area (Å²) in [6.07, 6.45) is 0. The van der Waals surface area contributed by atoms with Gasteiger partial charge < -0.3 is 5.11 Å². The molecule has 1 heteroatoms. The summed E-state index contributed by atoms with van der Waals surface area (Å²) in [5, 5.41) is 19.5. The van der Waals surface area contributed by atoms with Crippen LogP contribution in [0.25, 0.3) is 43.1 Å². The van der Waals surface area contributed by atoms with Crippen molar-refractivity contribution < 1.29 is 5.11 Å². The van der Waals surface area contributed by atoms with E-state index in [9.17, 15) is 5.11 Å². The molecule has 0 aliphatic heterocycles. The van der Waals surface area contributed by atoms with Crippen molar-refractivity contribution in [3.8, 4) is 5.75 Å². The minimum Gasteiger partial charge on any atom is -0.507 e. The molecule has 108 valence electrons. The molecule has 0 spiro atoms. The zero-order chi connectivity index (χ0) is 15.4. The van der Waals surface area contributed by atoms with E-state index in [0.29, 0.717) is 5.75 Å². The molecule has 0 saturated carbocycles. The van der Waals surface area contributed by atoms with Crippen LogP contribution in [0.3, 0.4) is 0 Å². The van der Waals surface area contributed by atoms with Gasteiger partial charge in [0, 0.05) is 10.8 Å². The van der Waals surface area contributed by atoms with Gasteiger partial charge in [0.1, 0.15) is 5.75 Å².